The number of thiophene rings is 1. The molecule has 0 saturated carbocycles. The molecular formula is C17H19N3OS2. The maximum Gasteiger partial charge on any atom is 0.238 e. The number of amides is 1. The zero-order valence-electron chi connectivity index (χ0n) is 13.0. The van der Waals surface area contributed by atoms with E-state index in [1.807, 2.05) is 35.7 Å². The molecule has 0 aliphatic carbocycles. The van der Waals surface area contributed by atoms with E-state index in [0.29, 0.717) is 12.3 Å². The van der Waals surface area contributed by atoms with Gasteiger partial charge in [-0.1, -0.05) is 25.1 Å². The first-order valence-electron chi connectivity index (χ1n) is 7.36. The summed E-state index contributed by atoms with van der Waals surface area (Å²) in [6, 6.07) is 13.8. The minimum atomic E-state index is -0.0339. The Kier molecular flexibility index (Phi) is 7.14. The van der Waals surface area contributed by atoms with Gasteiger partial charge in [0, 0.05) is 16.3 Å². The number of carbonyl (C=O) groups is 1. The van der Waals surface area contributed by atoms with Crippen LogP contribution in [0, 0.1) is 11.3 Å². The third kappa shape index (κ3) is 5.71. The van der Waals surface area contributed by atoms with E-state index in [9.17, 15) is 4.79 Å². The number of rotatable bonds is 8. The van der Waals surface area contributed by atoms with E-state index in [1.54, 1.807) is 11.3 Å². The summed E-state index contributed by atoms with van der Waals surface area (Å²) in [5, 5.41) is 13.7. The van der Waals surface area contributed by atoms with Crippen LogP contribution in [0.1, 0.15) is 11.8 Å². The number of nitrogens with one attached hydrogen (secondary N) is 1. The highest BCUT2D eigenvalue weighted by Gasteiger charge is 2.12. The van der Waals surface area contributed by atoms with Gasteiger partial charge < -0.3 is 5.32 Å². The van der Waals surface area contributed by atoms with Crippen molar-refractivity contribution in [2.45, 2.75) is 18.4 Å². The lowest BCUT2D eigenvalue weighted by molar-refractivity contribution is -0.117. The quantitative estimate of drug-likeness (QED) is 0.739. The summed E-state index contributed by atoms with van der Waals surface area (Å²) in [6.07, 6.45) is 0. The monoisotopic (exact) mass is 345 g/mol. The number of likely N-dealkylation sites (N-methyl/N-ethyl adjacent to an activating group) is 1. The third-order valence-corrected chi connectivity index (χ3v) is 5.03. The molecule has 1 aromatic heterocycles. The number of anilines is 1. The van der Waals surface area contributed by atoms with Gasteiger partial charge in [-0.2, -0.15) is 5.26 Å². The molecule has 0 aliphatic rings. The molecule has 6 heteroatoms. The summed E-state index contributed by atoms with van der Waals surface area (Å²) in [5.41, 5.74) is 0.768. The van der Waals surface area contributed by atoms with E-state index < -0.39 is 0 Å². The van der Waals surface area contributed by atoms with Gasteiger partial charge in [0.15, 0.2) is 0 Å². The molecule has 0 atom stereocenters. The molecule has 1 N–H and O–H groups in total. The van der Waals surface area contributed by atoms with Crippen LogP contribution < -0.4 is 5.32 Å². The maximum atomic E-state index is 12.3. The Balaban J connectivity index is 1.94. The fourth-order valence-corrected chi connectivity index (χ4v) is 3.52. The fraction of sp³-hybridized carbons (Fsp3) is 0.294. The lowest BCUT2D eigenvalue weighted by Gasteiger charge is -2.19. The smallest absolute Gasteiger partial charge is 0.238 e. The predicted molar refractivity (Wildman–Crippen MR) is 96.7 cm³/mol. The lowest BCUT2D eigenvalue weighted by Crippen LogP contribution is -2.32. The van der Waals surface area contributed by atoms with Crippen LogP contribution in [-0.2, 0) is 11.3 Å². The number of nitriles is 1. The molecule has 0 spiro atoms. The van der Waals surface area contributed by atoms with Crippen molar-refractivity contribution >= 4 is 34.7 Å². The van der Waals surface area contributed by atoms with Crippen molar-refractivity contribution in [3.8, 4) is 6.07 Å². The van der Waals surface area contributed by atoms with Crippen molar-refractivity contribution < 1.29 is 4.79 Å². The van der Waals surface area contributed by atoms with Crippen LogP contribution in [0.5, 0.6) is 0 Å². The second kappa shape index (κ2) is 9.36. The molecule has 120 valence electrons. The zero-order valence-corrected chi connectivity index (χ0v) is 14.6. The minimum Gasteiger partial charge on any atom is -0.324 e. The molecule has 1 amide bonds. The number of nitrogens with zero attached hydrogens (tertiary/aromatic N) is 2. The van der Waals surface area contributed by atoms with Crippen LogP contribution in [0.15, 0.2) is 46.7 Å². The van der Waals surface area contributed by atoms with Crippen molar-refractivity contribution in [1.29, 1.82) is 5.26 Å². The standard InChI is InChI=1S/C17H19N3OS2/c1-2-20(12-14-6-5-10-22-14)13-17(21)19-15-7-3-4-8-16(15)23-11-9-18/h3-8,10H,2,11-13H2,1H3,(H,19,21). The van der Waals surface area contributed by atoms with Crippen molar-refractivity contribution in [2.75, 3.05) is 24.2 Å². The molecule has 1 aromatic carbocycles. The highest BCUT2D eigenvalue weighted by atomic mass is 32.2. The highest BCUT2D eigenvalue weighted by molar-refractivity contribution is 7.99. The number of carbonyl (C=O) groups excluding carboxylic acids is 1. The Morgan fingerprint density at radius 3 is 2.87 bits per heavy atom. The van der Waals surface area contributed by atoms with Gasteiger partial charge in [-0.05, 0) is 30.1 Å². The van der Waals surface area contributed by atoms with Crippen molar-refractivity contribution in [3.05, 3.63) is 46.7 Å². The van der Waals surface area contributed by atoms with Crippen LogP contribution in [-0.4, -0.2) is 29.6 Å². The van der Waals surface area contributed by atoms with Gasteiger partial charge in [0.05, 0.1) is 24.1 Å². The SMILES string of the molecule is CCN(CC(=O)Nc1ccccc1SCC#N)Cc1cccs1. The molecule has 4 nitrogen and oxygen atoms in total. The van der Waals surface area contributed by atoms with Crippen molar-refractivity contribution in [1.82, 2.24) is 4.90 Å². The molecule has 0 aliphatic heterocycles. The van der Waals surface area contributed by atoms with Gasteiger partial charge in [-0.3, -0.25) is 9.69 Å². The minimum absolute atomic E-state index is 0.0339. The molecule has 0 saturated heterocycles. The van der Waals surface area contributed by atoms with E-state index in [1.165, 1.54) is 16.6 Å². The summed E-state index contributed by atoms with van der Waals surface area (Å²) in [7, 11) is 0. The first-order valence-corrected chi connectivity index (χ1v) is 9.22. The van der Waals surface area contributed by atoms with Gasteiger partial charge in [0.1, 0.15) is 0 Å². The van der Waals surface area contributed by atoms with Gasteiger partial charge in [0.2, 0.25) is 5.91 Å². The first-order chi connectivity index (χ1) is 11.2. The van der Waals surface area contributed by atoms with Crippen LogP contribution in [0.3, 0.4) is 0 Å². The van der Waals surface area contributed by atoms with E-state index in [0.717, 1.165) is 23.7 Å². The Labute approximate surface area is 145 Å². The lowest BCUT2D eigenvalue weighted by atomic mass is 10.3. The largest absolute Gasteiger partial charge is 0.324 e. The number of para-hydroxylation sites is 1. The van der Waals surface area contributed by atoms with Crippen molar-refractivity contribution in [3.63, 3.8) is 0 Å². The Morgan fingerprint density at radius 1 is 1.35 bits per heavy atom. The number of thioether (sulfide) groups is 1. The summed E-state index contributed by atoms with van der Waals surface area (Å²) in [4.78, 5) is 16.6. The van der Waals surface area contributed by atoms with E-state index in [-0.39, 0.29) is 5.91 Å². The molecule has 1 heterocycles. The normalized spacial score (nSPS) is 10.5. The summed E-state index contributed by atoms with van der Waals surface area (Å²) in [6.45, 7) is 4.01. The second-order valence-corrected chi connectivity index (χ2v) is 6.92. The number of benzene rings is 1. The van der Waals surface area contributed by atoms with Gasteiger partial charge in [-0.25, -0.2) is 0 Å². The summed E-state index contributed by atoms with van der Waals surface area (Å²) < 4.78 is 0. The molecule has 0 radical (unpaired) electrons. The average molecular weight is 345 g/mol. The second-order valence-electron chi connectivity index (χ2n) is 4.87. The predicted octanol–water partition coefficient (Wildman–Crippen LogP) is 3.82. The molecule has 0 fully saturated rings. The van der Waals surface area contributed by atoms with Crippen LogP contribution in [0.25, 0.3) is 0 Å². The van der Waals surface area contributed by atoms with E-state index in [4.69, 9.17) is 5.26 Å². The molecule has 0 unspecified atom stereocenters. The van der Waals surface area contributed by atoms with Crippen molar-refractivity contribution in [2.24, 2.45) is 0 Å². The summed E-state index contributed by atoms with van der Waals surface area (Å²) in [5.74, 6) is 0.334. The van der Waals surface area contributed by atoms with Crippen LogP contribution >= 0.6 is 23.1 Å². The van der Waals surface area contributed by atoms with Crippen LogP contribution in [0.2, 0.25) is 0 Å². The maximum absolute atomic E-state index is 12.3. The Bertz CT molecular complexity index is 665. The number of hydrogen-bond donors (Lipinski definition) is 1. The zero-order chi connectivity index (χ0) is 16.5. The molecule has 2 aromatic rings. The fourth-order valence-electron chi connectivity index (χ4n) is 2.10. The van der Waals surface area contributed by atoms with Gasteiger partial charge >= 0.3 is 0 Å². The van der Waals surface area contributed by atoms with E-state index >= 15 is 0 Å². The van der Waals surface area contributed by atoms with Gasteiger partial charge in [-0.15, -0.1) is 23.1 Å². The Morgan fingerprint density at radius 2 is 2.17 bits per heavy atom. The van der Waals surface area contributed by atoms with Gasteiger partial charge in [0.25, 0.3) is 0 Å². The molecule has 23 heavy (non-hydrogen) atoms. The molecular weight excluding hydrogens is 326 g/mol. The third-order valence-electron chi connectivity index (χ3n) is 3.23. The van der Waals surface area contributed by atoms with E-state index in [2.05, 4.69) is 29.3 Å². The molecule has 0 bridgehead atoms. The van der Waals surface area contributed by atoms with Crippen LogP contribution in [0.4, 0.5) is 5.69 Å². The average Bonchev–Trinajstić information content (AvgIpc) is 3.06. The molecule has 2 rings (SSSR count). The topological polar surface area (TPSA) is 56.1 Å². The number of hydrogen-bond acceptors (Lipinski definition) is 5. The highest BCUT2D eigenvalue weighted by Crippen LogP contribution is 2.26. The Hall–Kier alpha value is -1.81. The summed E-state index contributed by atoms with van der Waals surface area (Å²) >= 11 is 3.13. The first kappa shape index (κ1) is 17.5.